The molecular weight excluding hydrogens is 504 g/mol. The van der Waals surface area contributed by atoms with Crippen LogP contribution in [-0.2, 0) is 4.57 Å². The molecule has 6 rings (SSSR count). The molecule has 4 heterocycles. The molecule has 0 aliphatic carbocycles. The minimum atomic E-state index is -5.03. The molecule has 4 aromatic rings. The largest absolute Gasteiger partial charge is 0.573 e. The van der Waals surface area contributed by atoms with Crippen molar-refractivity contribution in [2.75, 3.05) is 20.3 Å². The summed E-state index contributed by atoms with van der Waals surface area (Å²) in [6.45, 7) is 0.372. The standard InChI is InChI=1S/C26H22F3N4O3P/c1-32-20-12-19(23-16(25(32)34)5-4-6-21(23)36-26(27,28)29)33-18-11-14(7-9-17(18)31-24(20)33)15-8-10-22(30-13-15)37(2,3)35/h4-11,13,19-20H,12H2,1-3H3/t19-,20-/m1/s1/i1D3. The average molecular weight is 529 g/mol. The zero-order valence-electron chi connectivity index (χ0n) is 22.7. The van der Waals surface area contributed by atoms with Gasteiger partial charge in [0.05, 0.1) is 28.6 Å². The molecule has 0 spiro atoms. The highest BCUT2D eigenvalue weighted by atomic mass is 31.2. The molecule has 2 aliphatic heterocycles. The zero-order chi connectivity index (χ0) is 28.8. The van der Waals surface area contributed by atoms with E-state index in [1.165, 1.54) is 12.1 Å². The number of ether oxygens (including phenoxy) is 1. The second kappa shape index (κ2) is 7.92. The Labute approximate surface area is 214 Å². The maximum Gasteiger partial charge on any atom is 0.573 e. The highest BCUT2D eigenvalue weighted by molar-refractivity contribution is 7.69. The van der Waals surface area contributed by atoms with Crippen molar-refractivity contribution in [3.8, 4) is 16.9 Å². The monoisotopic (exact) mass is 529 g/mol. The SMILES string of the molecule is [2H]C([2H])([2H])N1C(=O)c2cccc(OC(F)(F)F)c2[C@H]2C[C@@H]1c1nc3ccc(-c4ccc(P(C)(C)=O)nc4)cc3n12. The molecule has 0 fully saturated rings. The first kappa shape index (κ1) is 20.4. The van der Waals surface area contributed by atoms with Gasteiger partial charge in [-0.2, -0.15) is 0 Å². The van der Waals surface area contributed by atoms with Gasteiger partial charge >= 0.3 is 6.36 Å². The molecule has 2 aliphatic rings. The quantitative estimate of drug-likeness (QED) is 0.334. The highest BCUT2D eigenvalue weighted by Gasteiger charge is 2.46. The summed E-state index contributed by atoms with van der Waals surface area (Å²) in [5.41, 5.74) is 2.74. The van der Waals surface area contributed by atoms with E-state index in [4.69, 9.17) is 4.11 Å². The summed E-state index contributed by atoms with van der Waals surface area (Å²) in [5, 5.41) is 0. The van der Waals surface area contributed by atoms with Gasteiger partial charge in [-0.05, 0) is 49.2 Å². The van der Waals surface area contributed by atoms with Crippen LogP contribution < -0.4 is 10.2 Å². The lowest BCUT2D eigenvalue weighted by Gasteiger charge is -2.25. The van der Waals surface area contributed by atoms with E-state index in [-0.39, 0.29) is 23.4 Å². The van der Waals surface area contributed by atoms with E-state index in [1.807, 2.05) is 0 Å². The van der Waals surface area contributed by atoms with Gasteiger partial charge in [-0.15, -0.1) is 13.2 Å². The second-order valence-corrected chi connectivity index (χ2v) is 12.7. The molecule has 2 aromatic heterocycles. The van der Waals surface area contributed by atoms with Crippen LogP contribution in [0.5, 0.6) is 5.75 Å². The number of alkyl halides is 3. The minimum Gasteiger partial charge on any atom is -0.405 e. The third-order valence-electron chi connectivity index (χ3n) is 6.79. The Kier molecular flexibility index (Phi) is 4.37. The molecular formula is C26H22F3N4O3P. The number of hydrogen-bond donors (Lipinski definition) is 0. The molecule has 11 heteroatoms. The summed E-state index contributed by atoms with van der Waals surface area (Å²) in [4.78, 5) is 23.2. The smallest absolute Gasteiger partial charge is 0.405 e. The van der Waals surface area contributed by atoms with Gasteiger partial charge in [0, 0.05) is 40.4 Å². The number of halogens is 3. The summed E-state index contributed by atoms with van der Waals surface area (Å²) in [5.74, 6) is -1.21. The Morgan fingerprint density at radius 1 is 1.11 bits per heavy atom. The fraction of sp³-hybridized carbons (Fsp3) is 0.269. The number of pyridine rings is 1. The molecule has 7 nitrogen and oxygen atoms in total. The second-order valence-electron chi connectivity index (χ2n) is 9.51. The fourth-order valence-corrected chi connectivity index (χ4v) is 5.95. The maximum absolute atomic E-state index is 13.5. The van der Waals surface area contributed by atoms with E-state index < -0.39 is 44.2 Å². The van der Waals surface area contributed by atoms with E-state index in [0.717, 1.165) is 16.5 Å². The van der Waals surface area contributed by atoms with Crippen LogP contribution in [0.15, 0.2) is 54.7 Å². The number of benzene rings is 2. The maximum atomic E-state index is 13.5. The van der Waals surface area contributed by atoms with Crippen LogP contribution in [0.3, 0.4) is 0 Å². The van der Waals surface area contributed by atoms with Crippen molar-refractivity contribution < 1.29 is 31.4 Å². The molecule has 0 saturated heterocycles. The number of aromatic nitrogens is 3. The van der Waals surface area contributed by atoms with Crippen molar-refractivity contribution >= 4 is 29.5 Å². The van der Waals surface area contributed by atoms with Crippen molar-refractivity contribution in [2.24, 2.45) is 0 Å². The van der Waals surface area contributed by atoms with Crippen molar-refractivity contribution in [1.29, 1.82) is 0 Å². The molecule has 0 saturated carbocycles. The predicted molar refractivity (Wildman–Crippen MR) is 133 cm³/mol. The van der Waals surface area contributed by atoms with Crippen LogP contribution in [-0.4, -0.2) is 52.0 Å². The number of imidazole rings is 1. The van der Waals surface area contributed by atoms with Gasteiger partial charge in [0.25, 0.3) is 5.91 Å². The summed E-state index contributed by atoms with van der Waals surface area (Å²) in [7, 11) is -2.56. The summed E-state index contributed by atoms with van der Waals surface area (Å²) in [6, 6.07) is 10.6. The Morgan fingerprint density at radius 2 is 1.89 bits per heavy atom. The lowest BCUT2D eigenvalue weighted by molar-refractivity contribution is -0.275. The number of fused-ring (bicyclic) bond motifs is 9. The third kappa shape index (κ3) is 3.82. The molecule has 0 N–H and O–H groups in total. The van der Waals surface area contributed by atoms with E-state index in [0.29, 0.717) is 22.0 Å². The number of carbonyl (C=O) groups excluding carboxylic acids is 1. The number of rotatable bonds is 3. The molecule has 190 valence electrons. The van der Waals surface area contributed by atoms with Crippen molar-refractivity contribution in [3.63, 3.8) is 0 Å². The normalized spacial score (nSPS) is 20.6. The Hall–Kier alpha value is -3.65. The van der Waals surface area contributed by atoms with Gasteiger partial charge in [-0.3, -0.25) is 9.78 Å². The number of hydrogen-bond acceptors (Lipinski definition) is 5. The molecule has 0 unspecified atom stereocenters. The molecule has 1 amide bonds. The number of nitrogens with zero attached hydrogens (tertiary/aromatic N) is 4. The van der Waals surface area contributed by atoms with Gasteiger partial charge in [-0.25, -0.2) is 4.98 Å². The summed E-state index contributed by atoms with van der Waals surface area (Å²) >= 11 is 0. The van der Waals surface area contributed by atoms with Crippen LogP contribution in [0.25, 0.3) is 22.2 Å². The lowest BCUT2D eigenvalue weighted by Crippen LogP contribution is -2.30. The van der Waals surface area contributed by atoms with E-state index >= 15 is 0 Å². The third-order valence-corrected chi connectivity index (χ3v) is 8.16. The van der Waals surface area contributed by atoms with Gasteiger partial charge in [0.1, 0.15) is 18.7 Å². The van der Waals surface area contributed by atoms with Crippen LogP contribution >= 0.6 is 7.14 Å². The fourth-order valence-electron chi connectivity index (χ4n) is 5.18. The minimum absolute atomic E-state index is 0.0103. The topological polar surface area (TPSA) is 77.3 Å². The predicted octanol–water partition coefficient (Wildman–Crippen LogP) is 5.36. The average Bonchev–Trinajstić information content (AvgIpc) is 3.34. The van der Waals surface area contributed by atoms with Crippen molar-refractivity contribution in [1.82, 2.24) is 19.4 Å². The van der Waals surface area contributed by atoms with E-state index in [9.17, 15) is 22.5 Å². The van der Waals surface area contributed by atoms with E-state index in [1.54, 1.807) is 54.4 Å². The first-order valence-corrected chi connectivity index (χ1v) is 14.0. The summed E-state index contributed by atoms with van der Waals surface area (Å²) in [6.07, 6.45) is -3.42. The molecule has 2 bridgehead atoms. The molecule has 37 heavy (non-hydrogen) atoms. The first-order chi connectivity index (χ1) is 18.6. The molecule has 2 atom stereocenters. The number of carbonyl (C=O) groups is 1. The Bertz CT molecular complexity index is 1730. The zero-order valence-corrected chi connectivity index (χ0v) is 20.5. The summed E-state index contributed by atoms with van der Waals surface area (Å²) < 4.78 is 82.9. The Balaban J connectivity index is 1.57. The van der Waals surface area contributed by atoms with Gasteiger partial charge in [0.2, 0.25) is 0 Å². The van der Waals surface area contributed by atoms with Gasteiger partial charge < -0.3 is 18.8 Å². The van der Waals surface area contributed by atoms with Gasteiger partial charge in [-0.1, -0.05) is 18.2 Å². The van der Waals surface area contributed by atoms with Crippen molar-refractivity contribution in [3.05, 3.63) is 71.7 Å². The van der Waals surface area contributed by atoms with Crippen LogP contribution in [0.4, 0.5) is 13.2 Å². The highest BCUT2D eigenvalue weighted by Crippen LogP contribution is 2.50. The first-order valence-electron chi connectivity index (χ1n) is 12.9. The van der Waals surface area contributed by atoms with Crippen molar-refractivity contribution in [2.45, 2.75) is 24.9 Å². The van der Waals surface area contributed by atoms with E-state index in [2.05, 4.69) is 14.7 Å². The molecule has 2 aromatic carbocycles. The number of amides is 1. The van der Waals surface area contributed by atoms with Crippen LogP contribution in [0.2, 0.25) is 0 Å². The lowest BCUT2D eigenvalue weighted by atomic mass is 9.97. The van der Waals surface area contributed by atoms with Gasteiger partial charge in [0.15, 0.2) is 0 Å². The van der Waals surface area contributed by atoms with Crippen LogP contribution in [0, 0.1) is 0 Å². The molecule has 0 radical (unpaired) electrons. The Morgan fingerprint density at radius 3 is 2.57 bits per heavy atom. The van der Waals surface area contributed by atoms with Crippen LogP contribution in [0.1, 0.15) is 44.4 Å².